The predicted molar refractivity (Wildman–Crippen MR) is 74.2 cm³/mol. The van der Waals surface area contributed by atoms with E-state index in [1.165, 1.54) is 6.07 Å². The quantitative estimate of drug-likeness (QED) is 0.923. The monoisotopic (exact) mass is 303 g/mol. The van der Waals surface area contributed by atoms with Crippen LogP contribution in [0.15, 0.2) is 18.2 Å². The number of nitrogens with zero attached hydrogens (tertiary/aromatic N) is 3. The highest BCUT2D eigenvalue weighted by Gasteiger charge is 2.33. The van der Waals surface area contributed by atoms with Gasteiger partial charge in [0.05, 0.1) is 6.61 Å². The number of aliphatic hydroxyl groups excluding tert-OH is 1. The van der Waals surface area contributed by atoms with E-state index in [4.69, 9.17) is 5.11 Å². The summed E-state index contributed by atoms with van der Waals surface area (Å²) in [7, 11) is 1.96. The lowest BCUT2D eigenvalue weighted by atomic mass is 10.0. The molecule has 0 saturated carbocycles. The summed E-state index contributed by atoms with van der Waals surface area (Å²) in [5.74, 6) is 0.382. The van der Waals surface area contributed by atoms with E-state index in [1.54, 1.807) is 6.07 Å². The van der Waals surface area contributed by atoms with E-state index in [9.17, 15) is 13.2 Å². The Bertz CT molecular complexity index is 459. The number of hydrogen-bond donors (Lipinski definition) is 1. The summed E-state index contributed by atoms with van der Waals surface area (Å²) in [6, 6.07) is 4.37. The second-order valence-electron chi connectivity index (χ2n) is 5.30. The summed E-state index contributed by atoms with van der Waals surface area (Å²) in [5, 5.41) is 8.94. The van der Waals surface area contributed by atoms with Crippen molar-refractivity contribution in [2.45, 2.75) is 25.1 Å². The zero-order valence-corrected chi connectivity index (χ0v) is 12.0. The van der Waals surface area contributed by atoms with Crippen LogP contribution in [0.2, 0.25) is 0 Å². The Labute approximate surface area is 122 Å². The van der Waals surface area contributed by atoms with Crippen LogP contribution in [0.1, 0.15) is 18.5 Å². The summed E-state index contributed by atoms with van der Waals surface area (Å²) in [4.78, 5) is 7.70. The van der Waals surface area contributed by atoms with E-state index in [0.717, 1.165) is 18.9 Å². The molecule has 1 aromatic heterocycles. The van der Waals surface area contributed by atoms with Crippen LogP contribution in [-0.4, -0.2) is 54.3 Å². The van der Waals surface area contributed by atoms with Crippen molar-refractivity contribution in [2.24, 2.45) is 0 Å². The number of aromatic nitrogens is 1. The molecule has 4 nitrogen and oxygen atoms in total. The lowest BCUT2D eigenvalue weighted by Crippen LogP contribution is -2.44. The molecule has 0 radical (unpaired) electrons. The summed E-state index contributed by atoms with van der Waals surface area (Å²) in [5.41, 5.74) is -0.848. The van der Waals surface area contributed by atoms with E-state index < -0.39 is 11.9 Å². The maximum absolute atomic E-state index is 12.7. The van der Waals surface area contributed by atoms with Gasteiger partial charge in [0, 0.05) is 25.7 Å². The number of hydrogen-bond acceptors (Lipinski definition) is 4. The molecule has 7 heteroatoms. The van der Waals surface area contributed by atoms with Gasteiger partial charge in [-0.2, -0.15) is 13.2 Å². The fraction of sp³-hybridized carbons (Fsp3) is 0.643. The molecule has 2 heterocycles. The molecular formula is C14H20F3N3O. The third-order valence-corrected chi connectivity index (χ3v) is 3.89. The van der Waals surface area contributed by atoms with Crippen molar-refractivity contribution in [3.63, 3.8) is 0 Å². The first-order valence-electron chi connectivity index (χ1n) is 7.02. The van der Waals surface area contributed by atoms with Crippen LogP contribution in [0.25, 0.3) is 0 Å². The maximum Gasteiger partial charge on any atom is 0.433 e. The SMILES string of the molecule is CN(CCO)C1CCN(c2cccc(C(F)(F)F)n2)CC1. The molecular weight excluding hydrogens is 283 g/mol. The fourth-order valence-electron chi connectivity index (χ4n) is 2.63. The Morgan fingerprint density at radius 3 is 2.57 bits per heavy atom. The van der Waals surface area contributed by atoms with Gasteiger partial charge in [-0.25, -0.2) is 4.98 Å². The zero-order valence-electron chi connectivity index (χ0n) is 12.0. The maximum atomic E-state index is 12.7. The Balaban J connectivity index is 1.99. The molecule has 0 atom stereocenters. The second kappa shape index (κ2) is 6.62. The highest BCUT2D eigenvalue weighted by Crippen LogP contribution is 2.29. The van der Waals surface area contributed by atoms with Crippen molar-refractivity contribution in [3.05, 3.63) is 23.9 Å². The summed E-state index contributed by atoms with van der Waals surface area (Å²) in [6.45, 7) is 2.09. The van der Waals surface area contributed by atoms with Crippen molar-refractivity contribution >= 4 is 5.82 Å². The minimum Gasteiger partial charge on any atom is -0.395 e. The standard InChI is InChI=1S/C14H20F3N3O/c1-19(9-10-21)11-5-7-20(8-6-11)13-4-2-3-12(18-13)14(15,16)17/h2-4,11,21H,5-10H2,1H3. The van der Waals surface area contributed by atoms with Crippen molar-refractivity contribution in [2.75, 3.05) is 38.2 Å². The molecule has 0 spiro atoms. The predicted octanol–water partition coefficient (Wildman–Crippen LogP) is 1.99. The molecule has 1 aliphatic rings. The third-order valence-electron chi connectivity index (χ3n) is 3.89. The van der Waals surface area contributed by atoms with Crippen LogP contribution in [0, 0.1) is 0 Å². The number of piperidine rings is 1. The second-order valence-corrected chi connectivity index (χ2v) is 5.30. The van der Waals surface area contributed by atoms with Crippen LogP contribution >= 0.6 is 0 Å². The minimum atomic E-state index is -4.41. The van der Waals surface area contributed by atoms with Crippen LogP contribution in [0.3, 0.4) is 0 Å². The Hall–Kier alpha value is -1.34. The Morgan fingerprint density at radius 1 is 1.33 bits per heavy atom. The molecule has 0 bridgehead atoms. The highest BCUT2D eigenvalue weighted by molar-refractivity contribution is 5.40. The topological polar surface area (TPSA) is 39.6 Å². The van der Waals surface area contributed by atoms with E-state index in [2.05, 4.69) is 9.88 Å². The number of rotatable bonds is 4. The highest BCUT2D eigenvalue weighted by atomic mass is 19.4. The Morgan fingerprint density at radius 2 is 2.00 bits per heavy atom. The van der Waals surface area contributed by atoms with Crippen molar-refractivity contribution in [1.82, 2.24) is 9.88 Å². The van der Waals surface area contributed by atoms with Crippen molar-refractivity contribution < 1.29 is 18.3 Å². The molecule has 1 aliphatic heterocycles. The van der Waals surface area contributed by atoms with Gasteiger partial charge in [-0.1, -0.05) is 6.07 Å². The van der Waals surface area contributed by atoms with E-state index in [0.29, 0.717) is 31.5 Å². The molecule has 0 unspecified atom stereocenters. The molecule has 0 amide bonds. The number of alkyl halides is 3. The van der Waals surface area contributed by atoms with Crippen LogP contribution in [0.4, 0.5) is 19.0 Å². The molecule has 21 heavy (non-hydrogen) atoms. The number of pyridine rings is 1. The van der Waals surface area contributed by atoms with Crippen LogP contribution in [0.5, 0.6) is 0 Å². The number of anilines is 1. The smallest absolute Gasteiger partial charge is 0.395 e. The van der Waals surface area contributed by atoms with Gasteiger partial charge < -0.3 is 14.9 Å². The molecule has 1 aromatic rings. The number of likely N-dealkylation sites (N-methyl/N-ethyl adjacent to an activating group) is 1. The molecule has 118 valence electrons. The van der Waals surface area contributed by atoms with Gasteiger partial charge in [-0.3, -0.25) is 0 Å². The van der Waals surface area contributed by atoms with Crippen molar-refractivity contribution in [1.29, 1.82) is 0 Å². The Kier molecular flexibility index (Phi) is 5.05. The molecule has 1 saturated heterocycles. The first kappa shape index (κ1) is 16.0. The lowest BCUT2D eigenvalue weighted by Gasteiger charge is -2.37. The van der Waals surface area contributed by atoms with Gasteiger partial charge >= 0.3 is 6.18 Å². The average molecular weight is 303 g/mol. The first-order chi connectivity index (χ1) is 9.91. The van der Waals surface area contributed by atoms with Gasteiger partial charge in [0.1, 0.15) is 11.5 Å². The lowest BCUT2D eigenvalue weighted by molar-refractivity contribution is -0.141. The third kappa shape index (κ3) is 4.07. The zero-order chi connectivity index (χ0) is 15.5. The normalized spacial score (nSPS) is 17.5. The van der Waals surface area contributed by atoms with Gasteiger partial charge in [0.2, 0.25) is 0 Å². The number of halogens is 3. The van der Waals surface area contributed by atoms with Crippen molar-refractivity contribution in [3.8, 4) is 0 Å². The van der Waals surface area contributed by atoms with Gasteiger partial charge in [-0.05, 0) is 32.0 Å². The average Bonchev–Trinajstić information content (AvgIpc) is 2.47. The molecule has 0 aromatic carbocycles. The summed E-state index contributed by atoms with van der Waals surface area (Å²) < 4.78 is 38.0. The van der Waals surface area contributed by atoms with Gasteiger partial charge in [0.25, 0.3) is 0 Å². The molecule has 0 aliphatic carbocycles. The van der Waals surface area contributed by atoms with E-state index >= 15 is 0 Å². The van der Waals surface area contributed by atoms with Gasteiger partial charge in [-0.15, -0.1) is 0 Å². The van der Waals surface area contributed by atoms with Gasteiger partial charge in [0.15, 0.2) is 0 Å². The van der Waals surface area contributed by atoms with E-state index in [-0.39, 0.29) is 6.61 Å². The molecule has 1 N–H and O–H groups in total. The summed E-state index contributed by atoms with van der Waals surface area (Å²) >= 11 is 0. The number of aliphatic hydroxyl groups is 1. The van der Waals surface area contributed by atoms with Crippen LogP contribution in [-0.2, 0) is 6.18 Å². The summed E-state index contributed by atoms with van der Waals surface area (Å²) in [6.07, 6.45) is -2.70. The molecule has 1 fully saturated rings. The minimum absolute atomic E-state index is 0.117. The fourth-order valence-corrected chi connectivity index (χ4v) is 2.63. The van der Waals surface area contributed by atoms with E-state index in [1.807, 2.05) is 11.9 Å². The molecule has 2 rings (SSSR count). The van der Waals surface area contributed by atoms with Crippen LogP contribution < -0.4 is 4.90 Å². The first-order valence-corrected chi connectivity index (χ1v) is 7.02. The largest absolute Gasteiger partial charge is 0.433 e.